The molecule has 0 saturated heterocycles. The summed E-state index contributed by atoms with van der Waals surface area (Å²) in [6.07, 6.45) is 0. The summed E-state index contributed by atoms with van der Waals surface area (Å²) in [4.78, 5) is 7.24. The molecular formula is C4H5Cl2N5. The fourth-order valence-electron chi connectivity index (χ4n) is 0.526. The van der Waals surface area contributed by atoms with Gasteiger partial charge in [-0.25, -0.2) is 10.8 Å². The second kappa shape index (κ2) is 3.08. The molecule has 0 saturated carbocycles. The second-order valence-corrected chi connectivity index (χ2v) is 2.39. The SMILES string of the molecule is NNc1nc(Cl)nc(Cl)c1N. The molecular weight excluding hydrogens is 189 g/mol. The van der Waals surface area contributed by atoms with E-state index in [1.165, 1.54) is 0 Å². The van der Waals surface area contributed by atoms with Gasteiger partial charge < -0.3 is 11.2 Å². The number of hydrogen-bond acceptors (Lipinski definition) is 5. The molecule has 1 heterocycles. The van der Waals surface area contributed by atoms with Crippen molar-refractivity contribution in [1.29, 1.82) is 0 Å². The van der Waals surface area contributed by atoms with Crippen molar-refractivity contribution in [2.24, 2.45) is 5.84 Å². The Morgan fingerprint density at radius 2 is 1.91 bits per heavy atom. The molecule has 0 bridgehead atoms. The van der Waals surface area contributed by atoms with Gasteiger partial charge in [0.2, 0.25) is 5.28 Å². The summed E-state index contributed by atoms with van der Waals surface area (Å²) < 4.78 is 0. The third-order valence-corrected chi connectivity index (χ3v) is 1.47. The van der Waals surface area contributed by atoms with Gasteiger partial charge in [0.25, 0.3) is 0 Å². The number of nitrogen functional groups attached to an aromatic ring is 2. The molecule has 0 unspecified atom stereocenters. The van der Waals surface area contributed by atoms with Gasteiger partial charge in [-0.05, 0) is 11.6 Å². The molecule has 1 aromatic rings. The summed E-state index contributed by atoms with van der Waals surface area (Å²) >= 11 is 11.0. The number of aromatic nitrogens is 2. The fourth-order valence-corrected chi connectivity index (χ4v) is 0.908. The van der Waals surface area contributed by atoms with E-state index in [4.69, 9.17) is 34.8 Å². The van der Waals surface area contributed by atoms with Crippen LogP contribution in [0.3, 0.4) is 0 Å². The Kier molecular flexibility index (Phi) is 2.33. The van der Waals surface area contributed by atoms with Crippen molar-refractivity contribution >= 4 is 34.7 Å². The van der Waals surface area contributed by atoms with Crippen LogP contribution >= 0.6 is 23.2 Å². The third-order valence-electron chi connectivity index (χ3n) is 1.01. The Labute approximate surface area is 72.7 Å². The van der Waals surface area contributed by atoms with E-state index < -0.39 is 0 Å². The minimum absolute atomic E-state index is 0.00264. The van der Waals surface area contributed by atoms with E-state index in [1.807, 2.05) is 0 Å². The van der Waals surface area contributed by atoms with Gasteiger partial charge >= 0.3 is 0 Å². The Morgan fingerprint density at radius 1 is 1.27 bits per heavy atom. The van der Waals surface area contributed by atoms with Gasteiger partial charge in [-0.1, -0.05) is 11.6 Å². The predicted molar refractivity (Wildman–Crippen MR) is 44.3 cm³/mol. The first-order valence-corrected chi connectivity index (χ1v) is 3.36. The highest BCUT2D eigenvalue weighted by Crippen LogP contribution is 2.23. The van der Waals surface area contributed by atoms with Crippen LogP contribution in [0.4, 0.5) is 11.5 Å². The average Bonchev–Trinajstić information content (AvgIpc) is 1.96. The topological polar surface area (TPSA) is 89.8 Å². The zero-order valence-corrected chi connectivity index (χ0v) is 6.82. The van der Waals surface area contributed by atoms with Crippen molar-refractivity contribution in [2.75, 3.05) is 11.2 Å². The van der Waals surface area contributed by atoms with E-state index in [9.17, 15) is 0 Å². The van der Waals surface area contributed by atoms with Crippen molar-refractivity contribution in [3.63, 3.8) is 0 Å². The maximum atomic E-state index is 5.54. The van der Waals surface area contributed by atoms with Gasteiger partial charge in [-0.3, -0.25) is 0 Å². The average molecular weight is 194 g/mol. The molecule has 0 spiro atoms. The fraction of sp³-hybridized carbons (Fsp3) is 0. The quantitative estimate of drug-likeness (QED) is 0.264. The van der Waals surface area contributed by atoms with E-state index in [1.54, 1.807) is 0 Å². The molecule has 5 nitrogen and oxygen atoms in total. The predicted octanol–water partition coefficient (Wildman–Crippen LogP) is 0.651. The summed E-state index contributed by atoms with van der Waals surface area (Å²) in [7, 11) is 0. The number of anilines is 2. The first kappa shape index (κ1) is 8.32. The molecule has 11 heavy (non-hydrogen) atoms. The largest absolute Gasteiger partial charge is 0.393 e. The number of rotatable bonds is 1. The van der Waals surface area contributed by atoms with E-state index in [2.05, 4.69) is 15.4 Å². The van der Waals surface area contributed by atoms with E-state index in [0.717, 1.165) is 0 Å². The van der Waals surface area contributed by atoms with Crippen LogP contribution in [0, 0.1) is 0 Å². The van der Waals surface area contributed by atoms with Crippen LogP contribution < -0.4 is 17.0 Å². The number of halogens is 2. The summed E-state index contributed by atoms with van der Waals surface area (Å²) in [5.41, 5.74) is 7.82. The highest BCUT2D eigenvalue weighted by Gasteiger charge is 2.06. The summed E-state index contributed by atoms with van der Waals surface area (Å²) in [6, 6.07) is 0. The van der Waals surface area contributed by atoms with Gasteiger partial charge in [0, 0.05) is 0 Å². The van der Waals surface area contributed by atoms with Crippen LogP contribution in [-0.4, -0.2) is 9.97 Å². The zero-order chi connectivity index (χ0) is 8.43. The van der Waals surface area contributed by atoms with Crippen LogP contribution in [0.1, 0.15) is 0 Å². The number of nitrogens with one attached hydrogen (secondary N) is 1. The van der Waals surface area contributed by atoms with Crippen molar-refractivity contribution < 1.29 is 0 Å². The molecule has 0 radical (unpaired) electrons. The Morgan fingerprint density at radius 3 is 2.45 bits per heavy atom. The number of hydrazine groups is 1. The van der Waals surface area contributed by atoms with E-state index in [0.29, 0.717) is 0 Å². The van der Waals surface area contributed by atoms with Crippen LogP contribution in [0.2, 0.25) is 10.4 Å². The summed E-state index contributed by atoms with van der Waals surface area (Å²) in [6.45, 7) is 0. The molecule has 0 fully saturated rings. The molecule has 5 N–H and O–H groups in total. The number of nitrogens with two attached hydrogens (primary N) is 2. The maximum Gasteiger partial charge on any atom is 0.225 e. The van der Waals surface area contributed by atoms with Crippen molar-refractivity contribution in [3.8, 4) is 0 Å². The molecule has 0 atom stereocenters. The minimum Gasteiger partial charge on any atom is -0.393 e. The lowest BCUT2D eigenvalue weighted by molar-refractivity contribution is 1.14. The van der Waals surface area contributed by atoms with Crippen LogP contribution in [0.25, 0.3) is 0 Å². The van der Waals surface area contributed by atoms with Crippen LogP contribution in [0.15, 0.2) is 0 Å². The van der Waals surface area contributed by atoms with Crippen molar-refractivity contribution in [2.45, 2.75) is 0 Å². The normalized spacial score (nSPS) is 9.73. The minimum atomic E-state index is -0.00264. The molecule has 0 amide bonds. The van der Waals surface area contributed by atoms with Crippen molar-refractivity contribution in [1.82, 2.24) is 9.97 Å². The molecule has 0 aliphatic carbocycles. The van der Waals surface area contributed by atoms with Gasteiger partial charge in [0.05, 0.1) is 0 Å². The molecule has 60 valence electrons. The highest BCUT2D eigenvalue weighted by atomic mass is 35.5. The smallest absolute Gasteiger partial charge is 0.225 e. The lowest BCUT2D eigenvalue weighted by Crippen LogP contribution is -2.11. The molecule has 7 heteroatoms. The summed E-state index contributed by atoms with van der Waals surface area (Å²) in [5.74, 6) is 5.27. The van der Waals surface area contributed by atoms with Crippen LogP contribution in [0.5, 0.6) is 0 Å². The molecule has 0 aliphatic heterocycles. The first-order chi connectivity index (χ1) is 5.15. The van der Waals surface area contributed by atoms with Gasteiger partial charge in [-0.2, -0.15) is 4.98 Å². The number of nitrogens with zero attached hydrogens (tertiary/aromatic N) is 2. The van der Waals surface area contributed by atoms with Crippen LogP contribution in [-0.2, 0) is 0 Å². The molecule has 0 aromatic carbocycles. The summed E-state index contributed by atoms with van der Waals surface area (Å²) in [5, 5.41) is 0.0788. The van der Waals surface area contributed by atoms with Gasteiger partial charge in [0.1, 0.15) is 5.69 Å². The van der Waals surface area contributed by atoms with Gasteiger partial charge in [-0.15, -0.1) is 0 Å². The second-order valence-electron chi connectivity index (χ2n) is 1.69. The van der Waals surface area contributed by atoms with E-state index >= 15 is 0 Å². The van der Waals surface area contributed by atoms with E-state index in [-0.39, 0.29) is 21.9 Å². The lowest BCUT2D eigenvalue weighted by atomic mass is 10.5. The lowest BCUT2D eigenvalue weighted by Gasteiger charge is -2.03. The Hall–Kier alpha value is -0.780. The molecule has 0 aliphatic rings. The molecule has 1 aromatic heterocycles. The maximum absolute atomic E-state index is 5.54. The van der Waals surface area contributed by atoms with Crippen molar-refractivity contribution in [3.05, 3.63) is 10.4 Å². The third kappa shape index (κ3) is 1.62. The highest BCUT2D eigenvalue weighted by molar-refractivity contribution is 6.34. The van der Waals surface area contributed by atoms with Gasteiger partial charge in [0.15, 0.2) is 11.0 Å². The Balaban J connectivity index is 3.24. The Bertz CT molecular complexity index is 275. The standard InChI is InChI=1S/C4H5Cl2N5/c5-2-1(7)3(11-8)10-4(6)9-2/h7-8H2,(H,9,10,11). The number of hydrogen-bond donors (Lipinski definition) is 3. The monoisotopic (exact) mass is 193 g/mol. The molecule has 1 rings (SSSR count). The zero-order valence-electron chi connectivity index (χ0n) is 5.31. The first-order valence-electron chi connectivity index (χ1n) is 2.60.